The van der Waals surface area contributed by atoms with Crippen LogP contribution in [0.2, 0.25) is 0 Å². The van der Waals surface area contributed by atoms with Gasteiger partial charge in [-0.2, -0.15) is 0 Å². The SMILES string of the molecule is C=CCN(CCc1ccccc1)C(=O)c1ccc(SCc2cccnc2)cc1. The van der Waals surface area contributed by atoms with Gasteiger partial charge in [0, 0.05) is 41.7 Å². The maximum absolute atomic E-state index is 12.9. The van der Waals surface area contributed by atoms with E-state index in [-0.39, 0.29) is 5.91 Å². The van der Waals surface area contributed by atoms with E-state index in [1.807, 2.05) is 59.6 Å². The van der Waals surface area contributed by atoms with Crippen molar-refractivity contribution in [3.05, 3.63) is 108 Å². The average Bonchev–Trinajstić information content (AvgIpc) is 2.76. The van der Waals surface area contributed by atoms with Gasteiger partial charge in [-0.1, -0.05) is 42.5 Å². The highest BCUT2D eigenvalue weighted by Gasteiger charge is 2.14. The lowest BCUT2D eigenvalue weighted by atomic mass is 10.1. The third kappa shape index (κ3) is 5.83. The van der Waals surface area contributed by atoms with Crippen LogP contribution < -0.4 is 0 Å². The number of nitrogens with zero attached hydrogens (tertiary/aromatic N) is 2. The van der Waals surface area contributed by atoms with E-state index >= 15 is 0 Å². The summed E-state index contributed by atoms with van der Waals surface area (Å²) in [5, 5.41) is 0. The van der Waals surface area contributed by atoms with Crippen LogP contribution in [0.5, 0.6) is 0 Å². The first kappa shape index (κ1) is 19.9. The number of hydrogen-bond donors (Lipinski definition) is 0. The van der Waals surface area contributed by atoms with Gasteiger partial charge < -0.3 is 4.90 Å². The van der Waals surface area contributed by atoms with E-state index in [4.69, 9.17) is 0 Å². The van der Waals surface area contributed by atoms with Crippen LogP contribution in [0, 0.1) is 0 Å². The van der Waals surface area contributed by atoms with Crippen molar-refractivity contribution in [3.63, 3.8) is 0 Å². The molecule has 142 valence electrons. The Kier molecular flexibility index (Phi) is 7.44. The summed E-state index contributed by atoms with van der Waals surface area (Å²) < 4.78 is 0. The molecule has 3 nitrogen and oxygen atoms in total. The van der Waals surface area contributed by atoms with Gasteiger partial charge in [0.25, 0.3) is 5.91 Å². The smallest absolute Gasteiger partial charge is 0.254 e. The Morgan fingerprint density at radius 2 is 1.75 bits per heavy atom. The summed E-state index contributed by atoms with van der Waals surface area (Å²) in [6.45, 7) is 5.01. The second kappa shape index (κ2) is 10.5. The molecule has 0 aliphatic heterocycles. The van der Waals surface area contributed by atoms with E-state index in [1.165, 1.54) is 11.1 Å². The maximum Gasteiger partial charge on any atom is 0.254 e. The van der Waals surface area contributed by atoms with Crippen LogP contribution in [0.3, 0.4) is 0 Å². The zero-order valence-corrected chi connectivity index (χ0v) is 16.6. The quantitative estimate of drug-likeness (QED) is 0.371. The molecule has 0 fully saturated rings. The minimum absolute atomic E-state index is 0.0413. The van der Waals surface area contributed by atoms with Gasteiger partial charge in [-0.05, 0) is 47.9 Å². The number of amides is 1. The molecule has 4 heteroatoms. The predicted octanol–water partition coefficient (Wildman–Crippen LogP) is 5.24. The third-order valence-corrected chi connectivity index (χ3v) is 5.46. The van der Waals surface area contributed by atoms with Crippen LogP contribution in [-0.2, 0) is 12.2 Å². The van der Waals surface area contributed by atoms with Crippen LogP contribution in [-0.4, -0.2) is 28.9 Å². The van der Waals surface area contributed by atoms with Crippen molar-refractivity contribution in [2.24, 2.45) is 0 Å². The number of carbonyl (C=O) groups is 1. The van der Waals surface area contributed by atoms with E-state index in [2.05, 4.69) is 29.8 Å². The van der Waals surface area contributed by atoms with Crippen LogP contribution >= 0.6 is 11.8 Å². The highest BCUT2D eigenvalue weighted by Crippen LogP contribution is 2.23. The molecule has 0 spiro atoms. The molecule has 0 radical (unpaired) electrons. The summed E-state index contributed by atoms with van der Waals surface area (Å²) in [5.41, 5.74) is 3.12. The summed E-state index contributed by atoms with van der Waals surface area (Å²) in [6.07, 6.45) is 6.27. The molecule has 28 heavy (non-hydrogen) atoms. The monoisotopic (exact) mass is 388 g/mol. The number of aromatic nitrogens is 1. The van der Waals surface area contributed by atoms with Gasteiger partial charge in [0.2, 0.25) is 0 Å². The maximum atomic E-state index is 12.9. The fourth-order valence-electron chi connectivity index (χ4n) is 2.87. The molecule has 2 aromatic carbocycles. The van der Waals surface area contributed by atoms with Gasteiger partial charge in [-0.25, -0.2) is 0 Å². The Bertz CT molecular complexity index is 879. The van der Waals surface area contributed by atoms with Crippen LogP contribution in [0.25, 0.3) is 0 Å². The first-order chi connectivity index (χ1) is 13.8. The van der Waals surface area contributed by atoms with Crippen LogP contribution in [0.4, 0.5) is 0 Å². The molecule has 0 unspecified atom stereocenters. The number of benzene rings is 2. The number of thioether (sulfide) groups is 1. The molecule has 3 rings (SSSR count). The summed E-state index contributed by atoms with van der Waals surface area (Å²) in [6, 6.07) is 22.1. The molecular formula is C24H24N2OS. The summed E-state index contributed by atoms with van der Waals surface area (Å²) in [4.78, 5) is 20.0. The first-order valence-electron chi connectivity index (χ1n) is 9.32. The van der Waals surface area contributed by atoms with Crippen molar-refractivity contribution < 1.29 is 4.79 Å². The molecule has 0 bridgehead atoms. The lowest BCUT2D eigenvalue weighted by molar-refractivity contribution is 0.0775. The van der Waals surface area contributed by atoms with Crippen molar-refractivity contribution >= 4 is 17.7 Å². The number of rotatable bonds is 9. The minimum atomic E-state index is 0.0413. The van der Waals surface area contributed by atoms with E-state index < -0.39 is 0 Å². The van der Waals surface area contributed by atoms with Crippen molar-refractivity contribution in [2.45, 2.75) is 17.1 Å². The van der Waals surface area contributed by atoms with E-state index in [0.29, 0.717) is 18.7 Å². The van der Waals surface area contributed by atoms with Gasteiger partial charge in [-0.15, -0.1) is 18.3 Å². The van der Waals surface area contributed by atoms with Crippen LogP contribution in [0.1, 0.15) is 21.5 Å². The van der Waals surface area contributed by atoms with Crippen molar-refractivity contribution in [2.75, 3.05) is 13.1 Å². The van der Waals surface area contributed by atoms with Crippen LogP contribution in [0.15, 0.2) is 96.7 Å². The molecular weight excluding hydrogens is 364 g/mol. The van der Waals surface area contributed by atoms with Gasteiger partial charge in [0.1, 0.15) is 0 Å². The third-order valence-electron chi connectivity index (χ3n) is 4.38. The Hall–Kier alpha value is -2.85. The molecule has 3 aromatic rings. The van der Waals surface area contributed by atoms with Gasteiger partial charge in [0.15, 0.2) is 0 Å². The largest absolute Gasteiger partial charge is 0.335 e. The minimum Gasteiger partial charge on any atom is -0.335 e. The van der Waals surface area contributed by atoms with Crippen molar-refractivity contribution in [3.8, 4) is 0 Å². The second-order valence-corrected chi connectivity index (χ2v) is 7.50. The average molecular weight is 389 g/mol. The first-order valence-corrected chi connectivity index (χ1v) is 10.3. The number of hydrogen-bond acceptors (Lipinski definition) is 3. The fraction of sp³-hybridized carbons (Fsp3) is 0.167. The molecule has 1 aromatic heterocycles. The van der Waals surface area contributed by atoms with E-state index in [0.717, 1.165) is 17.1 Å². The fourth-order valence-corrected chi connectivity index (χ4v) is 3.70. The standard InChI is InChI=1S/C24H24N2OS/c1-2-16-26(17-14-20-7-4-3-5-8-20)24(27)22-10-12-23(13-11-22)28-19-21-9-6-15-25-18-21/h2-13,15,18H,1,14,16-17,19H2. The molecule has 0 saturated carbocycles. The summed E-state index contributed by atoms with van der Waals surface area (Å²) >= 11 is 1.74. The molecule has 0 saturated heterocycles. The Morgan fingerprint density at radius 1 is 1.00 bits per heavy atom. The van der Waals surface area contributed by atoms with Crippen molar-refractivity contribution in [1.29, 1.82) is 0 Å². The number of carbonyl (C=O) groups excluding carboxylic acids is 1. The Balaban J connectivity index is 1.59. The molecule has 0 aliphatic carbocycles. The molecule has 0 aliphatic rings. The summed E-state index contributed by atoms with van der Waals surface area (Å²) in [7, 11) is 0. The lowest BCUT2D eigenvalue weighted by Gasteiger charge is -2.21. The van der Waals surface area contributed by atoms with E-state index in [1.54, 1.807) is 24.0 Å². The highest BCUT2D eigenvalue weighted by molar-refractivity contribution is 7.98. The molecule has 1 amide bonds. The van der Waals surface area contributed by atoms with E-state index in [9.17, 15) is 4.79 Å². The zero-order valence-electron chi connectivity index (χ0n) is 15.8. The second-order valence-electron chi connectivity index (χ2n) is 6.45. The molecule has 0 N–H and O–H groups in total. The molecule has 1 heterocycles. The predicted molar refractivity (Wildman–Crippen MR) is 116 cm³/mol. The van der Waals surface area contributed by atoms with Gasteiger partial charge in [-0.3, -0.25) is 9.78 Å². The Morgan fingerprint density at radius 3 is 2.43 bits per heavy atom. The Labute approximate surface area is 171 Å². The topological polar surface area (TPSA) is 33.2 Å². The van der Waals surface area contributed by atoms with Gasteiger partial charge in [0.05, 0.1) is 0 Å². The number of pyridine rings is 1. The molecule has 0 atom stereocenters. The highest BCUT2D eigenvalue weighted by atomic mass is 32.2. The summed E-state index contributed by atoms with van der Waals surface area (Å²) in [5.74, 6) is 0.903. The normalized spacial score (nSPS) is 10.4. The lowest BCUT2D eigenvalue weighted by Crippen LogP contribution is -2.33. The van der Waals surface area contributed by atoms with Gasteiger partial charge >= 0.3 is 0 Å². The van der Waals surface area contributed by atoms with Crippen molar-refractivity contribution in [1.82, 2.24) is 9.88 Å². The zero-order chi connectivity index (χ0) is 19.6.